The van der Waals surface area contributed by atoms with Gasteiger partial charge in [-0.3, -0.25) is 4.98 Å². The van der Waals surface area contributed by atoms with E-state index in [0.29, 0.717) is 24.8 Å². The number of nitrogens with zero attached hydrogens (tertiary/aromatic N) is 3. The van der Waals surface area contributed by atoms with Gasteiger partial charge in [0.1, 0.15) is 17.2 Å². The Kier molecular flexibility index (Phi) is 6.42. The number of aliphatic imine (C=N–C) groups is 1. The summed E-state index contributed by atoms with van der Waals surface area (Å²) >= 11 is 0. The fourth-order valence-electron chi connectivity index (χ4n) is 4.66. The van der Waals surface area contributed by atoms with E-state index in [1.807, 2.05) is 26.8 Å². The van der Waals surface area contributed by atoms with Gasteiger partial charge in [-0.2, -0.15) is 4.99 Å². The summed E-state index contributed by atoms with van der Waals surface area (Å²) in [5.41, 5.74) is 8.01. The summed E-state index contributed by atoms with van der Waals surface area (Å²) in [5.74, 6) is 1.42. The summed E-state index contributed by atoms with van der Waals surface area (Å²) in [4.78, 5) is 23.3. The number of pyridine rings is 1. The maximum atomic E-state index is 12.6. The van der Waals surface area contributed by atoms with Gasteiger partial charge in [0.25, 0.3) is 0 Å². The zero-order valence-corrected chi connectivity index (χ0v) is 21.9. The summed E-state index contributed by atoms with van der Waals surface area (Å²) in [7, 11) is -3.24. The lowest BCUT2D eigenvalue weighted by atomic mass is 9.79. The van der Waals surface area contributed by atoms with Crippen LogP contribution >= 0.6 is 0 Å². The van der Waals surface area contributed by atoms with E-state index in [9.17, 15) is 13.2 Å². The van der Waals surface area contributed by atoms with Crippen LogP contribution in [-0.2, 0) is 16.3 Å². The van der Waals surface area contributed by atoms with E-state index in [1.165, 1.54) is 6.26 Å². The highest BCUT2D eigenvalue weighted by Crippen LogP contribution is 2.43. The van der Waals surface area contributed by atoms with Crippen LogP contribution in [0.2, 0.25) is 0 Å². The van der Waals surface area contributed by atoms with Crippen LogP contribution in [-0.4, -0.2) is 55.1 Å². The first kappa shape index (κ1) is 25.2. The number of sulfone groups is 1. The highest BCUT2D eigenvalue weighted by molar-refractivity contribution is 7.90. The molecule has 2 aliphatic heterocycles. The molecule has 9 heteroatoms. The molecule has 1 fully saturated rings. The van der Waals surface area contributed by atoms with Gasteiger partial charge in [0.15, 0.2) is 9.84 Å². The Balaban J connectivity index is 1.43. The van der Waals surface area contributed by atoms with Gasteiger partial charge >= 0.3 is 6.03 Å². The number of aromatic nitrogens is 1. The summed E-state index contributed by atoms with van der Waals surface area (Å²) < 4.78 is 29.9. The fraction of sp³-hybridized carbons (Fsp3) is 0.500. The number of carbonyl (C=O) groups excluding carboxylic acids is 1. The van der Waals surface area contributed by atoms with Gasteiger partial charge in [-0.1, -0.05) is 32.9 Å². The number of hydrogen-bond donors (Lipinski definition) is 1. The number of piperidine rings is 1. The van der Waals surface area contributed by atoms with Crippen molar-refractivity contribution in [3.63, 3.8) is 0 Å². The molecule has 35 heavy (non-hydrogen) atoms. The third kappa shape index (κ3) is 5.34. The van der Waals surface area contributed by atoms with Crippen molar-refractivity contribution in [1.29, 1.82) is 0 Å². The topological polar surface area (TPSA) is 115 Å². The minimum absolute atomic E-state index is 0.271. The van der Waals surface area contributed by atoms with Gasteiger partial charge in [0.2, 0.25) is 0 Å². The number of amidine groups is 1. The average molecular weight is 499 g/mol. The monoisotopic (exact) mass is 498 g/mol. The van der Waals surface area contributed by atoms with Crippen molar-refractivity contribution in [1.82, 2.24) is 9.88 Å². The van der Waals surface area contributed by atoms with Crippen LogP contribution in [0.4, 0.5) is 4.79 Å². The minimum Gasteiger partial charge on any atom is -0.485 e. The zero-order chi connectivity index (χ0) is 25.6. The largest absolute Gasteiger partial charge is 0.485 e. The van der Waals surface area contributed by atoms with Crippen LogP contribution in [0.15, 0.2) is 46.4 Å². The van der Waals surface area contributed by atoms with Gasteiger partial charge in [-0.25, -0.2) is 13.2 Å². The molecular weight excluding hydrogens is 464 g/mol. The van der Waals surface area contributed by atoms with Crippen molar-refractivity contribution in [3.05, 3.63) is 42.1 Å². The maximum absolute atomic E-state index is 12.6. The third-order valence-corrected chi connectivity index (χ3v) is 8.15. The van der Waals surface area contributed by atoms with Crippen molar-refractivity contribution in [2.24, 2.45) is 22.1 Å². The Morgan fingerprint density at radius 3 is 2.40 bits per heavy atom. The highest BCUT2D eigenvalue weighted by atomic mass is 32.2. The second-order valence-electron chi connectivity index (χ2n) is 10.9. The van der Waals surface area contributed by atoms with Gasteiger partial charge in [-0.05, 0) is 38.0 Å². The number of carbonyl (C=O) groups is 1. The minimum atomic E-state index is -3.24. The molecule has 0 saturated carbocycles. The van der Waals surface area contributed by atoms with Crippen molar-refractivity contribution in [2.45, 2.75) is 57.5 Å². The summed E-state index contributed by atoms with van der Waals surface area (Å²) in [6.07, 6.45) is 5.36. The van der Waals surface area contributed by atoms with Crippen LogP contribution in [0.1, 0.15) is 46.1 Å². The predicted molar refractivity (Wildman–Crippen MR) is 136 cm³/mol. The van der Waals surface area contributed by atoms with E-state index >= 15 is 0 Å². The van der Waals surface area contributed by atoms with Gasteiger partial charge in [0, 0.05) is 48.2 Å². The van der Waals surface area contributed by atoms with Gasteiger partial charge < -0.3 is 15.4 Å². The van der Waals surface area contributed by atoms with E-state index < -0.39 is 9.84 Å². The van der Waals surface area contributed by atoms with Crippen LogP contribution in [0.25, 0.3) is 11.3 Å². The number of benzene rings is 1. The quantitative estimate of drug-likeness (QED) is 0.504. The molecule has 1 saturated heterocycles. The molecular formula is C26H34N4O4S. The zero-order valence-electron chi connectivity index (χ0n) is 21.0. The molecule has 3 heterocycles. The van der Waals surface area contributed by atoms with Crippen LogP contribution in [0.3, 0.4) is 0 Å². The fourth-order valence-corrected chi connectivity index (χ4v) is 5.29. The second-order valence-corrected chi connectivity index (χ2v) is 12.9. The smallest absolute Gasteiger partial charge is 0.345 e. The number of hydrogen-bond acceptors (Lipinski definition) is 5. The SMILES string of the molecule is CC(C)(C)/C(N)=N/C(=O)N1CCC([C@]2(C)Cc3cc(-c4ccc(S(C)(=O)=O)cc4)ncc3O2)CC1. The number of likely N-dealkylation sites (tertiary alicyclic amines) is 1. The summed E-state index contributed by atoms with van der Waals surface area (Å²) in [6, 6.07) is 8.53. The molecule has 0 spiro atoms. The third-order valence-electron chi connectivity index (χ3n) is 7.02. The molecule has 2 amide bonds. The number of nitrogens with two attached hydrogens (primary N) is 1. The number of fused-ring (bicyclic) bond motifs is 1. The van der Waals surface area contributed by atoms with Crippen molar-refractivity contribution in [3.8, 4) is 17.0 Å². The summed E-state index contributed by atoms with van der Waals surface area (Å²) in [5, 5.41) is 0. The molecule has 4 rings (SSSR count). The van der Waals surface area contributed by atoms with E-state index in [0.717, 1.165) is 41.8 Å². The summed E-state index contributed by atoms with van der Waals surface area (Å²) in [6.45, 7) is 9.18. The second kappa shape index (κ2) is 8.93. The molecule has 2 aromatic rings. The van der Waals surface area contributed by atoms with Crippen LogP contribution < -0.4 is 10.5 Å². The molecule has 2 N–H and O–H groups in total. The molecule has 8 nitrogen and oxygen atoms in total. The molecule has 0 aliphatic carbocycles. The standard InChI is InChI=1S/C26H34N4O4S/c1-25(2,3)23(27)29-24(31)30-12-10-19(11-13-30)26(4)15-18-14-21(28-16-22(18)34-26)17-6-8-20(9-7-17)35(5,32)33/h6-9,14,16,19H,10-13,15H2,1-5H3,(H2,27,29,31)/t26-/m0/s1. The van der Waals surface area contributed by atoms with E-state index in [-0.39, 0.29) is 21.9 Å². The molecule has 2 aliphatic rings. The first-order chi connectivity index (χ1) is 16.3. The predicted octanol–water partition coefficient (Wildman–Crippen LogP) is 4.08. The van der Waals surface area contributed by atoms with Crippen LogP contribution in [0, 0.1) is 11.3 Å². The highest BCUT2D eigenvalue weighted by Gasteiger charge is 2.44. The first-order valence-corrected chi connectivity index (χ1v) is 13.8. The molecule has 0 unspecified atom stereocenters. The number of amides is 2. The molecule has 1 atom stereocenters. The normalized spacial score (nSPS) is 21.5. The van der Waals surface area contributed by atoms with Crippen molar-refractivity contribution >= 4 is 21.7 Å². The van der Waals surface area contributed by atoms with E-state index in [1.54, 1.807) is 35.4 Å². The lowest BCUT2D eigenvalue weighted by Crippen LogP contribution is -2.47. The first-order valence-electron chi connectivity index (χ1n) is 11.9. The Morgan fingerprint density at radius 2 is 1.83 bits per heavy atom. The Morgan fingerprint density at radius 1 is 1.20 bits per heavy atom. The number of urea groups is 1. The molecule has 1 aromatic heterocycles. The van der Waals surface area contributed by atoms with E-state index in [4.69, 9.17) is 10.5 Å². The maximum Gasteiger partial charge on any atom is 0.345 e. The van der Waals surface area contributed by atoms with E-state index in [2.05, 4.69) is 16.9 Å². The average Bonchev–Trinajstić information content (AvgIpc) is 3.14. The van der Waals surface area contributed by atoms with Gasteiger partial charge in [0.05, 0.1) is 16.8 Å². The molecule has 0 bridgehead atoms. The van der Waals surface area contributed by atoms with Crippen molar-refractivity contribution < 1.29 is 17.9 Å². The van der Waals surface area contributed by atoms with Gasteiger partial charge in [-0.15, -0.1) is 0 Å². The lowest BCUT2D eigenvalue weighted by Gasteiger charge is -2.39. The van der Waals surface area contributed by atoms with Crippen LogP contribution in [0.5, 0.6) is 5.75 Å². The number of ether oxygens (including phenoxy) is 1. The molecule has 1 aromatic carbocycles. The Bertz CT molecular complexity index is 1260. The molecule has 0 radical (unpaired) electrons. The Hall–Kier alpha value is -2.94. The van der Waals surface area contributed by atoms with Crippen molar-refractivity contribution in [2.75, 3.05) is 19.3 Å². The Labute approximate surface area is 207 Å². The lowest BCUT2D eigenvalue weighted by molar-refractivity contribution is 0.0178. The molecule has 188 valence electrons. The number of rotatable bonds is 3.